The number of hydrogen-bond donors (Lipinski definition) is 4. The summed E-state index contributed by atoms with van der Waals surface area (Å²) in [6.07, 6.45) is 1.95. The number of hydrogen-bond acceptors (Lipinski definition) is 4. The number of aliphatic hydroxyl groups excluding tert-OH is 1. The average molecular weight is 274 g/mol. The normalized spacial score (nSPS) is 23.9. The van der Waals surface area contributed by atoms with E-state index in [0.29, 0.717) is 13.2 Å². The number of rotatable bonds is 7. The van der Waals surface area contributed by atoms with Crippen molar-refractivity contribution in [2.24, 2.45) is 5.92 Å². The molecule has 0 aromatic carbocycles. The van der Waals surface area contributed by atoms with Crippen LogP contribution in [0.3, 0.4) is 0 Å². The van der Waals surface area contributed by atoms with Crippen LogP contribution >= 0.6 is 0 Å². The van der Waals surface area contributed by atoms with Crippen molar-refractivity contribution in [2.75, 3.05) is 19.8 Å². The van der Waals surface area contributed by atoms with Gasteiger partial charge < -0.3 is 25.6 Å². The zero-order valence-electron chi connectivity index (χ0n) is 11.1. The Morgan fingerprint density at radius 1 is 1.47 bits per heavy atom. The van der Waals surface area contributed by atoms with Crippen LogP contribution in [0.5, 0.6) is 0 Å². The Labute approximate surface area is 112 Å². The molecule has 1 aliphatic rings. The molecule has 4 N–H and O–H groups in total. The zero-order valence-corrected chi connectivity index (χ0v) is 11.1. The first kappa shape index (κ1) is 15.7. The first-order valence-electron chi connectivity index (χ1n) is 6.58. The lowest BCUT2D eigenvalue weighted by Gasteiger charge is -2.19. The average Bonchev–Trinajstić information content (AvgIpc) is 2.83. The highest BCUT2D eigenvalue weighted by Gasteiger charge is 2.27. The van der Waals surface area contributed by atoms with Crippen molar-refractivity contribution in [2.45, 2.75) is 38.3 Å². The molecule has 0 radical (unpaired) electrons. The van der Waals surface area contributed by atoms with Crippen LogP contribution in [0.25, 0.3) is 0 Å². The molecule has 1 heterocycles. The molecule has 7 nitrogen and oxygen atoms in total. The molecule has 110 valence electrons. The standard InChI is InChI=1S/C12H22N2O5/c1-2-10-8(4-6-19-10)7-13-12(18)14-9(3-5-15)11(16)17/h8-10,15H,2-7H2,1H3,(H,16,17)(H2,13,14,18)/t8?,9-,10?/m0/s1. The number of carbonyl (C=O) groups is 2. The lowest BCUT2D eigenvalue weighted by atomic mass is 10.00. The minimum atomic E-state index is -1.15. The number of nitrogens with one attached hydrogen (secondary N) is 2. The van der Waals surface area contributed by atoms with E-state index in [1.165, 1.54) is 0 Å². The third kappa shape index (κ3) is 5.04. The molecular formula is C12H22N2O5. The summed E-state index contributed by atoms with van der Waals surface area (Å²) in [6.45, 7) is 2.92. The van der Waals surface area contributed by atoms with Gasteiger partial charge in [0.25, 0.3) is 0 Å². The highest BCUT2D eigenvalue weighted by atomic mass is 16.5. The molecule has 0 aliphatic carbocycles. The Morgan fingerprint density at radius 3 is 2.79 bits per heavy atom. The summed E-state index contributed by atoms with van der Waals surface area (Å²) >= 11 is 0. The highest BCUT2D eigenvalue weighted by Crippen LogP contribution is 2.22. The van der Waals surface area contributed by atoms with Gasteiger partial charge in [-0.3, -0.25) is 0 Å². The maximum absolute atomic E-state index is 11.6. The molecule has 0 aromatic rings. The Morgan fingerprint density at radius 2 is 2.21 bits per heavy atom. The number of urea groups is 1. The molecule has 1 aliphatic heterocycles. The molecule has 0 spiro atoms. The van der Waals surface area contributed by atoms with Crippen LogP contribution in [0.2, 0.25) is 0 Å². The van der Waals surface area contributed by atoms with Crippen LogP contribution in [0.4, 0.5) is 4.79 Å². The van der Waals surface area contributed by atoms with Crippen molar-refractivity contribution in [1.29, 1.82) is 0 Å². The minimum absolute atomic E-state index is 0.00707. The number of amides is 2. The van der Waals surface area contributed by atoms with Gasteiger partial charge in [0.2, 0.25) is 0 Å². The maximum atomic E-state index is 11.6. The lowest BCUT2D eigenvalue weighted by molar-refractivity contribution is -0.139. The van der Waals surface area contributed by atoms with Crippen molar-refractivity contribution in [3.8, 4) is 0 Å². The minimum Gasteiger partial charge on any atom is -0.480 e. The molecular weight excluding hydrogens is 252 g/mol. The summed E-state index contributed by atoms with van der Waals surface area (Å²) in [6, 6.07) is -1.59. The third-order valence-corrected chi connectivity index (χ3v) is 3.29. The van der Waals surface area contributed by atoms with Crippen molar-refractivity contribution < 1.29 is 24.5 Å². The summed E-state index contributed by atoms with van der Waals surface area (Å²) < 4.78 is 5.51. The van der Waals surface area contributed by atoms with Crippen molar-refractivity contribution in [3.05, 3.63) is 0 Å². The van der Waals surface area contributed by atoms with Gasteiger partial charge in [-0.05, 0) is 12.8 Å². The number of ether oxygens (including phenoxy) is 1. The van der Waals surface area contributed by atoms with Crippen LogP contribution < -0.4 is 10.6 Å². The summed E-state index contributed by atoms with van der Waals surface area (Å²) in [7, 11) is 0. The van der Waals surface area contributed by atoms with E-state index >= 15 is 0 Å². The van der Waals surface area contributed by atoms with Gasteiger partial charge >= 0.3 is 12.0 Å². The molecule has 3 atom stereocenters. The van der Waals surface area contributed by atoms with Crippen LogP contribution in [0, 0.1) is 5.92 Å². The number of aliphatic carboxylic acids is 1. The summed E-state index contributed by atoms with van der Waals surface area (Å²) in [5.41, 5.74) is 0. The fraction of sp³-hybridized carbons (Fsp3) is 0.833. The van der Waals surface area contributed by atoms with Gasteiger partial charge in [-0.1, -0.05) is 6.92 Å². The van der Waals surface area contributed by atoms with E-state index < -0.39 is 18.0 Å². The Hall–Kier alpha value is -1.34. The van der Waals surface area contributed by atoms with Gasteiger partial charge in [0, 0.05) is 32.1 Å². The summed E-state index contributed by atoms with van der Waals surface area (Å²) in [4.78, 5) is 22.4. The molecule has 2 amide bonds. The zero-order chi connectivity index (χ0) is 14.3. The Kier molecular flexibility index (Phi) is 6.58. The molecule has 7 heteroatoms. The van der Waals surface area contributed by atoms with Gasteiger partial charge in [-0.2, -0.15) is 0 Å². The first-order valence-corrected chi connectivity index (χ1v) is 6.58. The number of carbonyl (C=O) groups excluding carboxylic acids is 1. The van der Waals surface area contributed by atoms with Gasteiger partial charge in [0.05, 0.1) is 6.10 Å². The van der Waals surface area contributed by atoms with E-state index in [1.54, 1.807) is 0 Å². The van der Waals surface area contributed by atoms with Crippen LogP contribution in [0.1, 0.15) is 26.2 Å². The Balaban J connectivity index is 2.32. The lowest BCUT2D eigenvalue weighted by Crippen LogP contribution is -2.47. The smallest absolute Gasteiger partial charge is 0.326 e. The quantitative estimate of drug-likeness (QED) is 0.520. The summed E-state index contributed by atoms with van der Waals surface area (Å²) in [5.74, 6) is -0.878. The monoisotopic (exact) mass is 274 g/mol. The molecule has 1 saturated heterocycles. The van der Waals surface area contributed by atoms with E-state index in [9.17, 15) is 9.59 Å². The third-order valence-electron chi connectivity index (χ3n) is 3.29. The second-order valence-electron chi connectivity index (χ2n) is 4.62. The molecule has 0 bridgehead atoms. The van der Waals surface area contributed by atoms with Gasteiger partial charge in [-0.15, -0.1) is 0 Å². The molecule has 0 saturated carbocycles. The van der Waals surface area contributed by atoms with Gasteiger partial charge in [0.15, 0.2) is 0 Å². The van der Waals surface area contributed by atoms with Crippen molar-refractivity contribution in [1.82, 2.24) is 10.6 Å². The SMILES string of the molecule is CCC1OCCC1CNC(=O)N[C@@H](CCO)C(=O)O. The van der Waals surface area contributed by atoms with Gasteiger partial charge in [-0.25, -0.2) is 9.59 Å². The number of carboxylic acid groups (broad SMARTS) is 1. The maximum Gasteiger partial charge on any atom is 0.326 e. The Bertz CT molecular complexity index is 310. The van der Waals surface area contributed by atoms with E-state index in [0.717, 1.165) is 12.8 Å². The van der Waals surface area contributed by atoms with Gasteiger partial charge in [0.1, 0.15) is 6.04 Å². The predicted octanol–water partition coefficient (Wildman–Crippen LogP) is -0.0637. The van der Waals surface area contributed by atoms with E-state index in [1.807, 2.05) is 6.92 Å². The summed E-state index contributed by atoms with van der Waals surface area (Å²) in [5, 5.41) is 22.5. The van der Waals surface area contributed by atoms with E-state index in [2.05, 4.69) is 10.6 Å². The van der Waals surface area contributed by atoms with Crippen LogP contribution in [0.15, 0.2) is 0 Å². The highest BCUT2D eigenvalue weighted by molar-refractivity contribution is 5.82. The van der Waals surface area contributed by atoms with Crippen LogP contribution in [-0.2, 0) is 9.53 Å². The second-order valence-corrected chi connectivity index (χ2v) is 4.62. The number of carboxylic acids is 1. The van der Waals surface area contributed by atoms with E-state index in [-0.39, 0.29) is 25.0 Å². The topological polar surface area (TPSA) is 108 Å². The first-order chi connectivity index (χ1) is 9.08. The number of aliphatic hydroxyl groups is 1. The van der Waals surface area contributed by atoms with Crippen molar-refractivity contribution in [3.63, 3.8) is 0 Å². The fourth-order valence-corrected chi connectivity index (χ4v) is 2.20. The largest absolute Gasteiger partial charge is 0.480 e. The van der Waals surface area contributed by atoms with Crippen molar-refractivity contribution >= 4 is 12.0 Å². The predicted molar refractivity (Wildman–Crippen MR) is 67.8 cm³/mol. The second kappa shape index (κ2) is 7.96. The molecule has 0 aromatic heterocycles. The molecule has 19 heavy (non-hydrogen) atoms. The molecule has 1 fully saturated rings. The van der Waals surface area contributed by atoms with E-state index in [4.69, 9.17) is 14.9 Å². The van der Waals surface area contributed by atoms with Crippen LogP contribution in [-0.4, -0.2) is 54.1 Å². The molecule has 2 unspecified atom stereocenters. The molecule has 1 rings (SSSR count). The fourth-order valence-electron chi connectivity index (χ4n) is 2.20.